The maximum Gasteiger partial charge on any atom is 0.297 e. The molecule has 0 unspecified atom stereocenters. The molecular weight excluding hydrogens is 298 g/mol. The Bertz CT molecular complexity index is 494. The molecule has 1 amide bonds. The number of aryl methyl sites for hydroxylation is 1. The summed E-state index contributed by atoms with van der Waals surface area (Å²) < 4.78 is 6.10. The maximum absolute atomic E-state index is 12.2. The number of nitrogens with zero attached hydrogens (tertiary/aromatic N) is 2. The van der Waals surface area contributed by atoms with Crippen LogP contribution in [0.2, 0.25) is 18.1 Å². The molecule has 1 heterocycles. The summed E-state index contributed by atoms with van der Waals surface area (Å²) in [7, 11) is -0.244. The molecule has 126 valence electrons. The van der Waals surface area contributed by atoms with Crippen molar-refractivity contribution in [3.63, 3.8) is 0 Å². The number of nitrogens with one attached hydrogen (secondary N) is 1. The first-order valence-corrected chi connectivity index (χ1v) is 10.5. The second-order valence-electron chi connectivity index (χ2n) is 6.99. The highest BCUT2D eigenvalue weighted by atomic mass is 28.4. The van der Waals surface area contributed by atoms with E-state index in [4.69, 9.17) is 9.26 Å². The molecule has 0 bridgehead atoms. The molecule has 6 nitrogen and oxygen atoms in total. The molecule has 1 rings (SSSR count). The average molecular weight is 328 g/mol. The molecule has 0 aliphatic carbocycles. The van der Waals surface area contributed by atoms with Crippen LogP contribution in [0.3, 0.4) is 0 Å². The van der Waals surface area contributed by atoms with E-state index in [0.717, 1.165) is 12.1 Å². The van der Waals surface area contributed by atoms with Gasteiger partial charge in [0.05, 0.1) is 13.7 Å². The molecule has 0 radical (unpaired) electrons. The Morgan fingerprint density at radius 2 is 2.05 bits per heavy atom. The molecule has 0 aliphatic heterocycles. The summed E-state index contributed by atoms with van der Waals surface area (Å²) in [5, 5.41) is 8.24. The van der Waals surface area contributed by atoms with Crippen LogP contribution in [0.1, 0.15) is 43.4 Å². The van der Waals surface area contributed by atoms with E-state index in [-0.39, 0.29) is 10.9 Å². The molecule has 1 N–H and O–H groups in total. The zero-order valence-electron chi connectivity index (χ0n) is 14.8. The van der Waals surface area contributed by atoms with Crippen molar-refractivity contribution in [2.75, 3.05) is 20.3 Å². The third-order valence-electron chi connectivity index (χ3n) is 4.15. The van der Waals surface area contributed by atoms with Gasteiger partial charge in [0.25, 0.3) is 5.91 Å². The van der Waals surface area contributed by atoms with E-state index in [0.29, 0.717) is 18.8 Å². The van der Waals surface area contributed by atoms with Crippen LogP contribution < -0.4 is 0 Å². The number of aromatic amines is 1. The normalized spacial score (nSPS) is 12.5. The molecule has 0 saturated heterocycles. The van der Waals surface area contributed by atoms with Gasteiger partial charge in [-0.25, -0.2) is 5.06 Å². The van der Waals surface area contributed by atoms with Crippen molar-refractivity contribution in [2.24, 2.45) is 0 Å². The average Bonchev–Trinajstić information content (AvgIpc) is 2.83. The van der Waals surface area contributed by atoms with Crippen LogP contribution in [-0.4, -0.2) is 49.7 Å². The van der Waals surface area contributed by atoms with Crippen LogP contribution >= 0.6 is 0 Å². The summed E-state index contributed by atoms with van der Waals surface area (Å²) in [5.41, 5.74) is 1.21. The number of carbonyl (C=O) groups excluding carboxylic acids is 1. The third kappa shape index (κ3) is 4.93. The summed E-state index contributed by atoms with van der Waals surface area (Å²) in [6.45, 7) is 14.0. The standard InChI is InChI=1S/C15H29N3O3Si/c1-12-11-13(17-16-12)14(19)18(20-5)9-8-10-21-22(6,7)15(2,3)4/h11H,8-10H2,1-7H3,(H,16,17). The number of aromatic nitrogens is 2. The molecule has 0 aromatic carbocycles. The van der Waals surface area contributed by atoms with E-state index >= 15 is 0 Å². The number of H-pyrrole nitrogens is 1. The van der Waals surface area contributed by atoms with E-state index in [2.05, 4.69) is 44.1 Å². The highest BCUT2D eigenvalue weighted by Crippen LogP contribution is 2.36. The van der Waals surface area contributed by atoms with E-state index in [1.165, 1.54) is 12.2 Å². The van der Waals surface area contributed by atoms with Gasteiger partial charge in [-0.2, -0.15) is 5.10 Å². The first kappa shape index (κ1) is 18.9. The number of hydrogen-bond acceptors (Lipinski definition) is 4. The van der Waals surface area contributed by atoms with Gasteiger partial charge in [0.15, 0.2) is 14.0 Å². The van der Waals surface area contributed by atoms with Crippen molar-refractivity contribution in [3.8, 4) is 0 Å². The predicted molar refractivity (Wildman–Crippen MR) is 89.1 cm³/mol. The Labute approximate surface area is 134 Å². The van der Waals surface area contributed by atoms with Crippen LogP contribution in [0.15, 0.2) is 6.07 Å². The summed E-state index contributed by atoms with van der Waals surface area (Å²) in [5.74, 6) is -0.237. The van der Waals surface area contributed by atoms with Gasteiger partial charge in [-0.1, -0.05) is 20.8 Å². The number of hydroxylamine groups is 2. The summed E-state index contributed by atoms with van der Waals surface area (Å²) >= 11 is 0. The van der Waals surface area contributed by atoms with Crippen molar-refractivity contribution in [3.05, 3.63) is 17.5 Å². The van der Waals surface area contributed by atoms with Crippen molar-refractivity contribution >= 4 is 14.2 Å². The minimum absolute atomic E-state index is 0.191. The van der Waals surface area contributed by atoms with Gasteiger partial charge in [-0.3, -0.25) is 14.7 Å². The SMILES string of the molecule is CON(CCCO[Si](C)(C)C(C)(C)C)C(=O)c1cc(C)[nH]n1. The summed E-state index contributed by atoms with van der Waals surface area (Å²) in [6.07, 6.45) is 0.732. The van der Waals surface area contributed by atoms with Gasteiger partial charge < -0.3 is 4.43 Å². The van der Waals surface area contributed by atoms with Crippen LogP contribution in [0.25, 0.3) is 0 Å². The number of hydrogen-bond donors (Lipinski definition) is 1. The van der Waals surface area contributed by atoms with Gasteiger partial charge in [0, 0.05) is 12.3 Å². The van der Waals surface area contributed by atoms with Gasteiger partial charge in [-0.05, 0) is 37.5 Å². The van der Waals surface area contributed by atoms with Crippen LogP contribution in [0, 0.1) is 6.92 Å². The minimum atomic E-state index is -1.74. The molecule has 0 aliphatic rings. The molecule has 0 spiro atoms. The van der Waals surface area contributed by atoms with Gasteiger partial charge in [0.2, 0.25) is 0 Å². The number of amides is 1. The summed E-state index contributed by atoms with van der Waals surface area (Å²) in [4.78, 5) is 17.4. The topological polar surface area (TPSA) is 67.5 Å². The van der Waals surface area contributed by atoms with Crippen LogP contribution in [0.5, 0.6) is 0 Å². The highest BCUT2D eigenvalue weighted by molar-refractivity contribution is 6.74. The lowest BCUT2D eigenvalue weighted by Gasteiger charge is -2.36. The van der Waals surface area contributed by atoms with Gasteiger partial charge >= 0.3 is 0 Å². The molecule has 0 atom stereocenters. The van der Waals surface area contributed by atoms with E-state index in [1.54, 1.807) is 6.07 Å². The van der Waals surface area contributed by atoms with E-state index in [1.807, 2.05) is 6.92 Å². The quantitative estimate of drug-likeness (QED) is 0.474. The van der Waals surface area contributed by atoms with Gasteiger partial charge in [-0.15, -0.1) is 0 Å². The first-order chi connectivity index (χ1) is 10.1. The van der Waals surface area contributed by atoms with Gasteiger partial charge in [0.1, 0.15) is 0 Å². The Morgan fingerprint density at radius 1 is 1.41 bits per heavy atom. The Kier molecular flexibility index (Phi) is 6.34. The van der Waals surface area contributed by atoms with Crippen molar-refractivity contribution in [1.82, 2.24) is 15.3 Å². The molecule has 22 heavy (non-hydrogen) atoms. The lowest BCUT2D eigenvalue weighted by Crippen LogP contribution is -2.41. The molecule has 0 fully saturated rings. The molecule has 1 aromatic heterocycles. The van der Waals surface area contributed by atoms with Crippen molar-refractivity contribution in [1.29, 1.82) is 0 Å². The fourth-order valence-electron chi connectivity index (χ4n) is 1.68. The molecule has 1 aromatic rings. The number of rotatable bonds is 7. The van der Waals surface area contributed by atoms with Crippen molar-refractivity contribution in [2.45, 2.75) is 52.2 Å². The fourth-order valence-corrected chi connectivity index (χ4v) is 2.77. The van der Waals surface area contributed by atoms with Crippen LogP contribution in [-0.2, 0) is 9.26 Å². The monoisotopic (exact) mass is 327 g/mol. The zero-order chi connectivity index (χ0) is 17.0. The summed E-state index contributed by atoms with van der Waals surface area (Å²) in [6, 6.07) is 1.71. The Balaban J connectivity index is 2.47. The lowest BCUT2D eigenvalue weighted by molar-refractivity contribution is -0.0970. The second kappa shape index (κ2) is 7.39. The molecule has 7 heteroatoms. The highest BCUT2D eigenvalue weighted by Gasteiger charge is 2.36. The Morgan fingerprint density at radius 3 is 2.50 bits per heavy atom. The smallest absolute Gasteiger partial charge is 0.297 e. The van der Waals surface area contributed by atoms with E-state index in [9.17, 15) is 4.79 Å². The lowest BCUT2D eigenvalue weighted by atomic mass is 10.2. The molecule has 0 saturated carbocycles. The second-order valence-corrected chi connectivity index (χ2v) is 11.8. The molecular formula is C15H29N3O3Si. The minimum Gasteiger partial charge on any atom is -0.417 e. The van der Waals surface area contributed by atoms with E-state index < -0.39 is 8.32 Å². The van der Waals surface area contributed by atoms with Crippen molar-refractivity contribution < 1.29 is 14.1 Å². The largest absolute Gasteiger partial charge is 0.417 e. The maximum atomic E-state index is 12.2. The third-order valence-corrected chi connectivity index (χ3v) is 8.68. The number of carbonyl (C=O) groups is 1. The first-order valence-electron chi connectivity index (χ1n) is 7.60. The predicted octanol–water partition coefficient (Wildman–Crippen LogP) is 3.13. The fraction of sp³-hybridized carbons (Fsp3) is 0.733. The Hall–Kier alpha value is -1.18. The zero-order valence-corrected chi connectivity index (χ0v) is 15.8. The van der Waals surface area contributed by atoms with Crippen LogP contribution in [0.4, 0.5) is 0 Å².